The SMILES string of the molecule is C=CCC1C(=O)C(=O)c2c(ccc3c2CCCC3(C)C)C1=O. The second-order valence-electron chi connectivity index (χ2n) is 6.89. The zero-order valence-electron chi connectivity index (χ0n) is 13.1. The molecule has 22 heavy (non-hydrogen) atoms. The summed E-state index contributed by atoms with van der Waals surface area (Å²) in [5, 5.41) is 0. The molecule has 0 aromatic heterocycles. The molecule has 0 N–H and O–H groups in total. The Bertz CT molecular complexity index is 710. The highest BCUT2D eigenvalue weighted by molar-refractivity contribution is 6.52. The number of benzene rings is 1. The van der Waals surface area contributed by atoms with E-state index in [1.54, 1.807) is 6.07 Å². The molecule has 1 aromatic carbocycles. The van der Waals surface area contributed by atoms with Crippen molar-refractivity contribution in [3.63, 3.8) is 0 Å². The normalized spacial score (nSPS) is 23.0. The van der Waals surface area contributed by atoms with Crippen LogP contribution in [0.1, 0.15) is 65.0 Å². The molecule has 1 aromatic rings. The summed E-state index contributed by atoms with van der Waals surface area (Å²) in [4.78, 5) is 37.5. The number of fused-ring (bicyclic) bond motifs is 3. The van der Waals surface area contributed by atoms with E-state index < -0.39 is 17.5 Å². The van der Waals surface area contributed by atoms with Crippen molar-refractivity contribution >= 4 is 17.3 Å². The molecule has 1 unspecified atom stereocenters. The number of Topliss-reactive ketones (excluding diaryl/α,β-unsaturated/α-hetero) is 3. The van der Waals surface area contributed by atoms with E-state index in [1.165, 1.54) is 6.08 Å². The maximum absolute atomic E-state index is 12.6. The number of carbonyl (C=O) groups is 3. The number of hydrogen-bond acceptors (Lipinski definition) is 3. The van der Waals surface area contributed by atoms with Gasteiger partial charge in [-0.3, -0.25) is 14.4 Å². The molecule has 0 amide bonds. The van der Waals surface area contributed by atoms with Crippen LogP contribution in [0.2, 0.25) is 0 Å². The lowest BCUT2D eigenvalue weighted by molar-refractivity contribution is -0.117. The van der Waals surface area contributed by atoms with Gasteiger partial charge in [-0.25, -0.2) is 0 Å². The minimum atomic E-state index is -0.882. The van der Waals surface area contributed by atoms with Crippen LogP contribution in [0.25, 0.3) is 0 Å². The van der Waals surface area contributed by atoms with Gasteiger partial charge in [0.15, 0.2) is 5.78 Å². The monoisotopic (exact) mass is 296 g/mol. The fourth-order valence-electron chi connectivity index (χ4n) is 3.82. The molecule has 0 heterocycles. The van der Waals surface area contributed by atoms with Crippen LogP contribution in [0, 0.1) is 5.92 Å². The summed E-state index contributed by atoms with van der Waals surface area (Å²) in [6, 6.07) is 3.71. The molecular weight excluding hydrogens is 276 g/mol. The van der Waals surface area contributed by atoms with E-state index in [0.29, 0.717) is 11.1 Å². The van der Waals surface area contributed by atoms with E-state index in [1.807, 2.05) is 6.07 Å². The number of carbonyl (C=O) groups excluding carboxylic acids is 3. The van der Waals surface area contributed by atoms with Crippen LogP contribution >= 0.6 is 0 Å². The number of allylic oxidation sites excluding steroid dienone is 1. The summed E-state index contributed by atoms with van der Waals surface area (Å²) in [5.74, 6) is -2.18. The molecule has 0 fully saturated rings. The Morgan fingerprint density at radius 3 is 2.64 bits per heavy atom. The highest BCUT2D eigenvalue weighted by Gasteiger charge is 2.42. The van der Waals surface area contributed by atoms with Crippen LogP contribution in [0.5, 0.6) is 0 Å². The molecule has 1 atom stereocenters. The zero-order valence-corrected chi connectivity index (χ0v) is 13.1. The second kappa shape index (κ2) is 5.01. The maximum atomic E-state index is 12.6. The van der Waals surface area contributed by atoms with Gasteiger partial charge in [-0.2, -0.15) is 0 Å². The van der Waals surface area contributed by atoms with E-state index in [4.69, 9.17) is 0 Å². The predicted molar refractivity (Wildman–Crippen MR) is 84.4 cm³/mol. The molecule has 0 saturated carbocycles. The van der Waals surface area contributed by atoms with Crippen LogP contribution < -0.4 is 0 Å². The predicted octanol–water partition coefficient (Wildman–Crippen LogP) is 3.44. The van der Waals surface area contributed by atoms with E-state index in [-0.39, 0.29) is 17.6 Å². The standard InChI is InChI=1S/C19H20O3/c1-4-6-13-16(20)12-8-9-14-11(7-5-10-19(14,2)3)15(12)18(22)17(13)21/h4,8-9,13H,1,5-7,10H2,2-3H3. The van der Waals surface area contributed by atoms with Gasteiger partial charge in [0.2, 0.25) is 11.6 Å². The minimum Gasteiger partial charge on any atom is -0.293 e. The molecule has 3 nitrogen and oxygen atoms in total. The van der Waals surface area contributed by atoms with Crippen LogP contribution in [0.4, 0.5) is 0 Å². The smallest absolute Gasteiger partial charge is 0.230 e. The van der Waals surface area contributed by atoms with Gasteiger partial charge in [-0.05, 0) is 42.2 Å². The molecule has 0 bridgehead atoms. The Balaban J connectivity index is 2.23. The topological polar surface area (TPSA) is 51.2 Å². The Hall–Kier alpha value is -2.03. The zero-order chi connectivity index (χ0) is 16.1. The van der Waals surface area contributed by atoms with Gasteiger partial charge in [0.05, 0.1) is 5.92 Å². The molecule has 3 heteroatoms. The molecule has 0 aliphatic heterocycles. The number of ketones is 3. The van der Waals surface area contributed by atoms with Crippen molar-refractivity contribution in [2.45, 2.75) is 44.9 Å². The summed E-state index contributed by atoms with van der Waals surface area (Å²) in [6.07, 6.45) is 4.54. The van der Waals surface area contributed by atoms with Crippen molar-refractivity contribution in [2.75, 3.05) is 0 Å². The highest BCUT2D eigenvalue weighted by atomic mass is 16.2. The average Bonchev–Trinajstić information content (AvgIpc) is 2.48. The van der Waals surface area contributed by atoms with Gasteiger partial charge in [-0.15, -0.1) is 6.58 Å². The first-order chi connectivity index (χ1) is 10.4. The van der Waals surface area contributed by atoms with Gasteiger partial charge in [0, 0.05) is 11.1 Å². The van der Waals surface area contributed by atoms with Gasteiger partial charge in [0.1, 0.15) is 0 Å². The number of hydrogen-bond donors (Lipinski definition) is 0. The Kier molecular flexibility index (Phi) is 3.39. The van der Waals surface area contributed by atoms with E-state index in [0.717, 1.165) is 30.4 Å². The fraction of sp³-hybridized carbons (Fsp3) is 0.421. The fourth-order valence-corrected chi connectivity index (χ4v) is 3.82. The lowest BCUT2D eigenvalue weighted by Crippen LogP contribution is -2.39. The van der Waals surface area contributed by atoms with Crippen LogP contribution in [0.15, 0.2) is 24.8 Å². The van der Waals surface area contributed by atoms with Gasteiger partial charge < -0.3 is 0 Å². The van der Waals surface area contributed by atoms with Crippen LogP contribution in [-0.2, 0) is 16.6 Å². The maximum Gasteiger partial charge on any atom is 0.230 e. The Morgan fingerprint density at radius 2 is 1.95 bits per heavy atom. The van der Waals surface area contributed by atoms with Crippen LogP contribution in [-0.4, -0.2) is 17.3 Å². The first-order valence-electron chi connectivity index (χ1n) is 7.78. The first-order valence-corrected chi connectivity index (χ1v) is 7.78. The van der Waals surface area contributed by atoms with E-state index >= 15 is 0 Å². The van der Waals surface area contributed by atoms with Gasteiger partial charge >= 0.3 is 0 Å². The molecule has 2 aliphatic carbocycles. The van der Waals surface area contributed by atoms with Crippen molar-refractivity contribution in [1.29, 1.82) is 0 Å². The van der Waals surface area contributed by atoms with Crippen molar-refractivity contribution in [3.8, 4) is 0 Å². The first kappa shape index (κ1) is 14.9. The third-order valence-corrected chi connectivity index (χ3v) is 5.02. The largest absolute Gasteiger partial charge is 0.293 e. The summed E-state index contributed by atoms with van der Waals surface area (Å²) in [6.45, 7) is 7.87. The molecule has 0 saturated heterocycles. The molecule has 2 aliphatic rings. The Morgan fingerprint density at radius 1 is 1.23 bits per heavy atom. The quantitative estimate of drug-likeness (QED) is 0.477. The molecular formula is C19H20O3. The second-order valence-corrected chi connectivity index (χ2v) is 6.89. The van der Waals surface area contributed by atoms with Crippen LogP contribution in [0.3, 0.4) is 0 Å². The summed E-state index contributed by atoms with van der Waals surface area (Å²) >= 11 is 0. The molecule has 114 valence electrons. The Labute approximate surface area is 130 Å². The minimum absolute atomic E-state index is 0.0209. The molecule has 3 rings (SSSR count). The van der Waals surface area contributed by atoms with Gasteiger partial charge in [0.25, 0.3) is 0 Å². The number of rotatable bonds is 2. The third kappa shape index (κ3) is 1.99. The van der Waals surface area contributed by atoms with Crippen molar-refractivity contribution in [3.05, 3.63) is 47.0 Å². The van der Waals surface area contributed by atoms with Gasteiger partial charge in [-0.1, -0.05) is 32.1 Å². The van der Waals surface area contributed by atoms with E-state index in [2.05, 4.69) is 20.4 Å². The summed E-state index contributed by atoms with van der Waals surface area (Å²) in [7, 11) is 0. The van der Waals surface area contributed by atoms with Crippen molar-refractivity contribution < 1.29 is 14.4 Å². The van der Waals surface area contributed by atoms with Crippen molar-refractivity contribution in [2.24, 2.45) is 5.92 Å². The lowest BCUT2D eigenvalue weighted by Gasteiger charge is -2.35. The highest BCUT2D eigenvalue weighted by Crippen LogP contribution is 2.41. The summed E-state index contributed by atoms with van der Waals surface area (Å²) in [5.41, 5.74) is 2.80. The third-order valence-electron chi connectivity index (χ3n) is 5.02. The average molecular weight is 296 g/mol. The molecule has 0 radical (unpaired) electrons. The summed E-state index contributed by atoms with van der Waals surface area (Å²) < 4.78 is 0. The lowest BCUT2D eigenvalue weighted by atomic mass is 9.68. The molecule has 0 spiro atoms. The van der Waals surface area contributed by atoms with Crippen molar-refractivity contribution in [1.82, 2.24) is 0 Å². The van der Waals surface area contributed by atoms with E-state index in [9.17, 15) is 14.4 Å².